The highest BCUT2D eigenvalue weighted by molar-refractivity contribution is 7.98. The molecule has 0 unspecified atom stereocenters. The number of hydrogen-bond acceptors (Lipinski definition) is 5. The number of thioether (sulfide) groups is 1. The molecule has 2 heterocycles. The van der Waals surface area contributed by atoms with Crippen LogP contribution in [0.15, 0.2) is 66.7 Å². The van der Waals surface area contributed by atoms with Gasteiger partial charge in [0.15, 0.2) is 0 Å². The second kappa shape index (κ2) is 10.9. The Hall–Kier alpha value is -3.45. The van der Waals surface area contributed by atoms with Gasteiger partial charge < -0.3 is 20.4 Å². The van der Waals surface area contributed by atoms with Gasteiger partial charge in [-0.25, -0.2) is 0 Å². The molecule has 0 bridgehead atoms. The number of benzene rings is 3. The minimum Gasteiger partial charge on any atom is -0.371 e. The number of amides is 2. The Balaban J connectivity index is 1.19. The number of hydrogen-bond donors (Lipinski definition) is 2. The molecule has 2 atom stereocenters. The van der Waals surface area contributed by atoms with Crippen LogP contribution in [0.2, 0.25) is 0 Å². The number of anilines is 3. The third-order valence-electron chi connectivity index (χ3n) is 7.09. The van der Waals surface area contributed by atoms with Crippen molar-refractivity contribution in [3.05, 3.63) is 89.0 Å². The Morgan fingerprint density at radius 3 is 2.54 bits per heavy atom. The van der Waals surface area contributed by atoms with E-state index in [1.54, 1.807) is 17.8 Å². The number of rotatable bonds is 6. The van der Waals surface area contributed by atoms with E-state index in [4.69, 9.17) is 0 Å². The fourth-order valence-corrected chi connectivity index (χ4v) is 6.01. The molecule has 5 rings (SSSR count). The molecule has 2 aliphatic heterocycles. The van der Waals surface area contributed by atoms with Crippen LogP contribution in [0.5, 0.6) is 0 Å². The van der Waals surface area contributed by atoms with Gasteiger partial charge in [0.2, 0.25) is 5.91 Å². The van der Waals surface area contributed by atoms with Gasteiger partial charge in [-0.1, -0.05) is 42.0 Å². The van der Waals surface area contributed by atoms with E-state index in [1.807, 2.05) is 17.0 Å². The summed E-state index contributed by atoms with van der Waals surface area (Å²) in [6, 6.07) is 22.5. The first-order valence-electron chi connectivity index (χ1n) is 12.8. The average Bonchev–Trinajstić information content (AvgIpc) is 2.89. The fourth-order valence-electron chi connectivity index (χ4n) is 4.99. The van der Waals surface area contributed by atoms with Crippen molar-refractivity contribution in [3.8, 4) is 0 Å². The molecule has 192 valence electrons. The first kappa shape index (κ1) is 25.2. The van der Waals surface area contributed by atoms with Crippen molar-refractivity contribution in [2.45, 2.75) is 38.6 Å². The van der Waals surface area contributed by atoms with Crippen LogP contribution in [0.1, 0.15) is 34.0 Å². The molecule has 0 radical (unpaired) electrons. The lowest BCUT2D eigenvalue weighted by Crippen LogP contribution is -2.53. The number of carbonyl (C=O) groups is 2. The van der Waals surface area contributed by atoms with Crippen LogP contribution in [-0.2, 0) is 10.5 Å². The van der Waals surface area contributed by atoms with Crippen molar-refractivity contribution in [3.63, 3.8) is 0 Å². The zero-order valence-corrected chi connectivity index (χ0v) is 22.5. The van der Waals surface area contributed by atoms with Crippen molar-refractivity contribution in [1.29, 1.82) is 0 Å². The van der Waals surface area contributed by atoms with Crippen LogP contribution in [0.4, 0.5) is 17.1 Å². The Bertz CT molecular complexity index is 1290. The molecule has 0 saturated carbocycles. The van der Waals surface area contributed by atoms with Crippen LogP contribution >= 0.6 is 11.8 Å². The fraction of sp³-hybridized carbons (Fsp3) is 0.333. The van der Waals surface area contributed by atoms with Crippen LogP contribution in [-0.4, -0.2) is 54.2 Å². The number of carbonyl (C=O) groups excluding carboxylic acids is 2. The maximum atomic E-state index is 13.3. The summed E-state index contributed by atoms with van der Waals surface area (Å²) in [5.41, 5.74) is 7.06. The van der Waals surface area contributed by atoms with Crippen molar-refractivity contribution in [1.82, 2.24) is 4.90 Å². The smallest absolute Gasteiger partial charge is 0.254 e. The molecule has 6 nitrogen and oxygen atoms in total. The van der Waals surface area contributed by atoms with Gasteiger partial charge >= 0.3 is 0 Å². The maximum absolute atomic E-state index is 13.3. The van der Waals surface area contributed by atoms with Gasteiger partial charge in [-0.3, -0.25) is 9.59 Å². The van der Waals surface area contributed by atoms with Gasteiger partial charge in [-0.2, -0.15) is 11.8 Å². The highest BCUT2D eigenvalue weighted by Gasteiger charge is 2.30. The van der Waals surface area contributed by atoms with Crippen molar-refractivity contribution >= 4 is 40.6 Å². The SMILES string of the molecule is Cc1ccc(CSC[C@@H]2Nc3ccc(C(=O)N4CCN(c5cccc(C)c5)[C@@H](C)C4)cc3NC2=O)cc1. The van der Waals surface area contributed by atoms with Gasteiger partial charge in [0.05, 0.1) is 11.4 Å². The van der Waals surface area contributed by atoms with Crippen LogP contribution < -0.4 is 15.5 Å². The Morgan fingerprint density at radius 2 is 1.78 bits per heavy atom. The molecule has 0 spiro atoms. The van der Waals surface area contributed by atoms with Gasteiger partial charge in [-0.15, -0.1) is 0 Å². The molecule has 3 aromatic rings. The molecule has 0 aromatic heterocycles. The van der Waals surface area contributed by atoms with Crippen molar-refractivity contribution in [2.75, 3.05) is 40.9 Å². The largest absolute Gasteiger partial charge is 0.371 e. The van der Waals surface area contributed by atoms with E-state index in [9.17, 15) is 9.59 Å². The predicted octanol–water partition coefficient (Wildman–Crippen LogP) is 5.32. The number of aryl methyl sites for hydroxylation is 2. The van der Waals surface area contributed by atoms with E-state index in [0.717, 1.165) is 18.0 Å². The maximum Gasteiger partial charge on any atom is 0.254 e. The monoisotopic (exact) mass is 514 g/mol. The Kier molecular flexibility index (Phi) is 7.42. The summed E-state index contributed by atoms with van der Waals surface area (Å²) in [7, 11) is 0. The highest BCUT2D eigenvalue weighted by Crippen LogP contribution is 2.30. The number of fused-ring (bicyclic) bond motifs is 1. The first-order chi connectivity index (χ1) is 17.9. The van der Waals surface area contributed by atoms with E-state index >= 15 is 0 Å². The molecule has 2 N–H and O–H groups in total. The molecule has 1 saturated heterocycles. The quantitative estimate of drug-likeness (QED) is 0.466. The third-order valence-corrected chi connectivity index (χ3v) is 8.20. The van der Waals surface area contributed by atoms with E-state index in [1.165, 1.54) is 22.4 Å². The standard InChI is InChI=1S/C30H34N4O2S/c1-20-7-9-23(10-8-20)18-37-19-28-29(35)32-27-16-24(11-12-26(27)31-28)30(36)33-13-14-34(22(3)17-33)25-6-4-5-21(2)15-25/h4-12,15-16,22,28,31H,13-14,17-19H2,1-3H3,(H,32,35)/t22-,28-/m0/s1. The van der Waals surface area contributed by atoms with E-state index in [-0.39, 0.29) is 23.9 Å². The predicted molar refractivity (Wildman–Crippen MR) is 154 cm³/mol. The van der Waals surface area contributed by atoms with Gasteiger partial charge in [0.1, 0.15) is 6.04 Å². The Morgan fingerprint density at radius 1 is 0.973 bits per heavy atom. The molecule has 37 heavy (non-hydrogen) atoms. The summed E-state index contributed by atoms with van der Waals surface area (Å²) in [5.74, 6) is 1.47. The zero-order chi connectivity index (χ0) is 25.9. The van der Waals surface area contributed by atoms with E-state index in [2.05, 4.69) is 84.8 Å². The van der Waals surface area contributed by atoms with Crippen LogP contribution in [0.25, 0.3) is 0 Å². The van der Waals surface area contributed by atoms with Crippen LogP contribution in [0, 0.1) is 13.8 Å². The first-order valence-corrected chi connectivity index (χ1v) is 14.0. The number of nitrogens with zero attached hydrogens (tertiary/aromatic N) is 2. The second-order valence-electron chi connectivity index (χ2n) is 10.1. The summed E-state index contributed by atoms with van der Waals surface area (Å²) in [5, 5.41) is 6.37. The zero-order valence-electron chi connectivity index (χ0n) is 21.7. The molecular weight excluding hydrogens is 480 g/mol. The van der Waals surface area contributed by atoms with Gasteiger partial charge in [-0.05, 0) is 62.2 Å². The van der Waals surface area contributed by atoms with Crippen molar-refractivity contribution in [2.24, 2.45) is 0 Å². The number of nitrogens with one attached hydrogen (secondary N) is 2. The summed E-state index contributed by atoms with van der Waals surface area (Å²) in [4.78, 5) is 30.4. The molecule has 1 fully saturated rings. The van der Waals surface area contributed by atoms with E-state index in [0.29, 0.717) is 30.1 Å². The molecule has 2 aliphatic rings. The Labute approximate surface area is 223 Å². The molecule has 0 aliphatic carbocycles. The third kappa shape index (κ3) is 5.77. The van der Waals surface area contributed by atoms with Gasteiger partial charge in [0.25, 0.3) is 5.91 Å². The summed E-state index contributed by atoms with van der Waals surface area (Å²) in [6.45, 7) is 8.46. The van der Waals surface area contributed by atoms with E-state index < -0.39 is 0 Å². The molecule has 3 aromatic carbocycles. The number of piperazine rings is 1. The van der Waals surface area contributed by atoms with Crippen molar-refractivity contribution < 1.29 is 9.59 Å². The summed E-state index contributed by atoms with van der Waals surface area (Å²) < 4.78 is 0. The normalized spacial score (nSPS) is 19.2. The lowest BCUT2D eigenvalue weighted by atomic mass is 10.1. The lowest BCUT2D eigenvalue weighted by molar-refractivity contribution is -0.116. The van der Waals surface area contributed by atoms with Crippen LogP contribution in [0.3, 0.4) is 0 Å². The molecule has 7 heteroatoms. The molecule has 2 amide bonds. The minimum absolute atomic E-state index is 0.00330. The summed E-state index contributed by atoms with van der Waals surface area (Å²) in [6.07, 6.45) is 0. The minimum atomic E-state index is -0.306. The highest BCUT2D eigenvalue weighted by atomic mass is 32.2. The molecular formula is C30H34N4O2S. The van der Waals surface area contributed by atoms with Gasteiger partial charge in [0, 0.05) is 48.4 Å². The lowest BCUT2D eigenvalue weighted by Gasteiger charge is -2.41. The topological polar surface area (TPSA) is 64.7 Å². The summed E-state index contributed by atoms with van der Waals surface area (Å²) >= 11 is 1.74. The average molecular weight is 515 g/mol. The second-order valence-corrected chi connectivity index (χ2v) is 11.1.